The summed E-state index contributed by atoms with van der Waals surface area (Å²) in [7, 11) is 3.03. The van der Waals surface area contributed by atoms with Gasteiger partial charge in [-0.15, -0.1) is 0 Å². The van der Waals surface area contributed by atoms with Crippen molar-refractivity contribution in [3.63, 3.8) is 0 Å². The van der Waals surface area contributed by atoms with Crippen molar-refractivity contribution in [1.82, 2.24) is 15.6 Å². The molecule has 9 heteroatoms. The lowest BCUT2D eigenvalue weighted by Gasteiger charge is -2.61. The van der Waals surface area contributed by atoms with Crippen molar-refractivity contribution in [3.05, 3.63) is 70.6 Å². The van der Waals surface area contributed by atoms with E-state index in [4.69, 9.17) is 20.8 Å². The summed E-state index contributed by atoms with van der Waals surface area (Å²) in [5.74, 6) is 0.443. The standard InChI is InChI=1S/C28H23ClFN3O4/c1-31-26(35)22-20-10-18(24(29)32-27(20)37-23(22)15-3-6-17(30)7-4-15)16-5-8-21(36-2)19(9-16)25(34)33-28-11-14(12-28)13-28/h3-10,14H,11-13H2,1-2H3,(H,31,35)(H,33,34). The van der Waals surface area contributed by atoms with Crippen LogP contribution in [0.15, 0.2) is 52.9 Å². The third-order valence-corrected chi connectivity index (χ3v) is 7.66. The average molecular weight is 520 g/mol. The van der Waals surface area contributed by atoms with E-state index in [9.17, 15) is 14.0 Å². The molecule has 3 saturated carbocycles. The average Bonchev–Trinajstić information content (AvgIpc) is 3.22. The molecular weight excluding hydrogens is 497 g/mol. The van der Waals surface area contributed by atoms with Gasteiger partial charge in [-0.05, 0) is 73.2 Å². The van der Waals surface area contributed by atoms with E-state index >= 15 is 0 Å². The minimum atomic E-state index is -0.404. The number of fused-ring (bicyclic) bond motifs is 1. The van der Waals surface area contributed by atoms with E-state index in [-0.39, 0.29) is 39.5 Å². The van der Waals surface area contributed by atoms with Crippen LogP contribution in [-0.4, -0.2) is 36.5 Å². The first kappa shape index (κ1) is 23.5. The van der Waals surface area contributed by atoms with Crippen LogP contribution >= 0.6 is 11.6 Å². The molecule has 2 aromatic carbocycles. The fraction of sp³-hybridized carbons (Fsp3) is 0.250. The lowest BCUT2D eigenvalue weighted by Crippen LogP contribution is -2.68. The van der Waals surface area contributed by atoms with Crippen LogP contribution < -0.4 is 15.4 Å². The highest BCUT2D eigenvalue weighted by Gasteiger charge is 2.57. The van der Waals surface area contributed by atoms with Gasteiger partial charge in [0.1, 0.15) is 22.5 Å². The van der Waals surface area contributed by atoms with Gasteiger partial charge in [-0.25, -0.2) is 9.37 Å². The molecule has 0 radical (unpaired) electrons. The number of pyridine rings is 1. The largest absolute Gasteiger partial charge is 0.496 e. The summed E-state index contributed by atoms with van der Waals surface area (Å²) in [6.07, 6.45) is 3.06. The minimum Gasteiger partial charge on any atom is -0.496 e. The first-order chi connectivity index (χ1) is 17.8. The molecule has 7 rings (SSSR count). The Kier molecular flexibility index (Phi) is 5.45. The van der Waals surface area contributed by atoms with E-state index in [2.05, 4.69) is 15.6 Å². The number of amides is 2. The number of furan rings is 1. The van der Waals surface area contributed by atoms with E-state index in [1.807, 2.05) is 0 Å². The number of hydrogen-bond donors (Lipinski definition) is 2. The Morgan fingerprint density at radius 3 is 2.41 bits per heavy atom. The quantitative estimate of drug-likeness (QED) is 0.323. The van der Waals surface area contributed by atoms with Gasteiger partial charge in [-0.3, -0.25) is 9.59 Å². The zero-order chi connectivity index (χ0) is 25.9. The van der Waals surface area contributed by atoms with Gasteiger partial charge in [0, 0.05) is 23.7 Å². The predicted octanol–water partition coefficient (Wildman–Crippen LogP) is 5.60. The van der Waals surface area contributed by atoms with Crippen molar-refractivity contribution in [1.29, 1.82) is 0 Å². The van der Waals surface area contributed by atoms with E-state index in [1.165, 1.54) is 38.4 Å². The summed E-state index contributed by atoms with van der Waals surface area (Å²) in [4.78, 5) is 30.5. The second-order valence-electron chi connectivity index (χ2n) is 9.70. The second kappa shape index (κ2) is 8.59. The highest BCUT2D eigenvalue weighted by Crippen LogP contribution is 2.57. The molecule has 2 bridgehead atoms. The number of carbonyl (C=O) groups excluding carboxylic acids is 2. The van der Waals surface area contributed by atoms with Crippen molar-refractivity contribution in [3.8, 4) is 28.2 Å². The molecule has 3 aliphatic carbocycles. The van der Waals surface area contributed by atoms with Crippen LogP contribution in [0.25, 0.3) is 33.6 Å². The summed E-state index contributed by atoms with van der Waals surface area (Å²) >= 11 is 6.58. The molecule has 7 nitrogen and oxygen atoms in total. The van der Waals surface area contributed by atoms with Crippen LogP contribution in [-0.2, 0) is 0 Å². The zero-order valence-corrected chi connectivity index (χ0v) is 20.9. The number of carbonyl (C=O) groups is 2. The molecule has 0 unspecified atom stereocenters. The van der Waals surface area contributed by atoms with Crippen LogP contribution in [0.4, 0.5) is 4.39 Å². The molecule has 4 aromatic rings. The zero-order valence-electron chi connectivity index (χ0n) is 20.2. The minimum absolute atomic E-state index is 0.0865. The van der Waals surface area contributed by atoms with Gasteiger partial charge in [0.2, 0.25) is 5.71 Å². The number of hydrogen-bond acceptors (Lipinski definition) is 5. The number of halogens is 2. The van der Waals surface area contributed by atoms with Crippen LogP contribution in [0.2, 0.25) is 5.15 Å². The summed E-state index contributed by atoms with van der Waals surface area (Å²) < 4.78 is 24.9. The van der Waals surface area contributed by atoms with Gasteiger partial charge in [0.25, 0.3) is 11.8 Å². The molecule has 2 amide bonds. The topological polar surface area (TPSA) is 93.5 Å². The molecule has 3 fully saturated rings. The van der Waals surface area contributed by atoms with Gasteiger partial charge < -0.3 is 19.8 Å². The number of nitrogens with one attached hydrogen (secondary N) is 2. The Hall–Kier alpha value is -3.91. The molecule has 37 heavy (non-hydrogen) atoms. The highest BCUT2D eigenvalue weighted by molar-refractivity contribution is 6.33. The Morgan fingerprint density at radius 1 is 1.08 bits per heavy atom. The monoisotopic (exact) mass is 519 g/mol. The van der Waals surface area contributed by atoms with Crippen LogP contribution in [0.5, 0.6) is 5.75 Å². The molecule has 2 N–H and O–H groups in total. The summed E-state index contributed by atoms with van der Waals surface area (Å²) in [6.45, 7) is 0. The lowest BCUT2D eigenvalue weighted by atomic mass is 9.50. The summed E-state index contributed by atoms with van der Waals surface area (Å²) in [5.41, 5.74) is 2.41. The number of benzene rings is 2. The van der Waals surface area contributed by atoms with Gasteiger partial charge in [0.15, 0.2) is 0 Å². The Labute approximate surface area is 217 Å². The van der Waals surface area contributed by atoms with Crippen molar-refractivity contribution in [2.45, 2.75) is 24.8 Å². The smallest absolute Gasteiger partial charge is 0.255 e. The Morgan fingerprint density at radius 2 is 1.78 bits per heavy atom. The second-order valence-corrected chi connectivity index (χ2v) is 10.1. The van der Waals surface area contributed by atoms with Crippen molar-refractivity contribution in [2.24, 2.45) is 5.92 Å². The van der Waals surface area contributed by atoms with Gasteiger partial charge in [-0.2, -0.15) is 0 Å². The fourth-order valence-electron chi connectivity index (χ4n) is 5.35. The number of rotatable bonds is 6. The molecule has 2 heterocycles. The Bertz CT molecular complexity index is 1560. The molecule has 2 aromatic heterocycles. The van der Waals surface area contributed by atoms with E-state index in [0.717, 1.165) is 25.2 Å². The molecule has 0 saturated heterocycles. The molecule has 3 aliphatic rings. The highest BCUT2D eigenvalue weighted by atomic mass is 35.5. The van der Waals surface area contributed by atoms with Gasteiger partial charge in [0.05, 0.1) is 23.6 Å². The summed E-state index contributed by atoms with van der Waals surface area (Å²) in [5, 5.41) is 6.38. The normalized spacial score (nSPS) is 19.6. The van der Waals surface area contributed by atoms with E-state index in [1.54, 1.807) is 24.3 Å². The molecule has 188 valence electrons. The molecule has 0 aliphatic heterocycles. The maximum atomic E-state index is 13.5. The van der Waals surface area contributed by atoms with Crippen molar-refractivity contribution in [2.75, 3.05) is 14.2 Å². The maximum absolute atomic E-state index is 13.5. The SMILES string of the molecule is CNC(=O)c1c(-c2ccc(F)cc2)oc2nc(Cl)c(-c3ccc(OC)c(C(=O)NC45CC(C4)C5)c3)cc12. The lowest BCUT2D eigenvalue weighted by molar-refractivity contribution is -0.0439. The maximum Gasteiger partial charge on any atom is 0.255 e. The first-order valence-corrected chi connectivity index (χ1v) is 12.3. The van der Waals surface area contributed by atoms with Crippen LogP contribution in [0.3, 0.4) is 0 Å². The third kappa shape index (κ3) is 3.83. The number of ether oxygens (including phenoxy) is 1. The fourth-order valence-corrected chi connectivity index (χ4v) is 5.59. The number of methoxy groups -OCH3 is 1. The van der Waals surface area contributed by atoms with Crippen LogP contribution in [0.1, 0.15) is 40.0 Å². The summed E-state index contributed by atoms with van der Waals surface area (Å²) in [6, 6.07) is 12.6. The number of aromatic nitrogens is 1. The third-order valence-electron chi connectivity index (χ3n) is 7.37. The van der Waals surface area contributed by atoms with E-state index in [0.29, 0.717) is 33.4 Å². The molecular formula is C28H23ClFN3O4. The van der Waals surface area contributed by atoms with Gasteiger partial charge >= 0.3 is 0 Å². The molecule has 0 atom stereocenters. The van der Waals surface area contributed by atoms with E-state index < -0.39 is 5.82 Å². The molecule has 0 spiro atoms. The van der Waals surface area contributed by atoms with Crippen molar-refractivity contribution >= 4 is 34.5 Å². The number of nitrogens with zero attached hydrogens (tertiary/aromatic N) is 1. The van der Waals surface area contributed by atoms with Crippen molar-refractivity contribution < 1.29 is 23.1 Å². The van der Waals surface area contributed by atoms with Gasteiger partial charge in [-0.1, -0.05) is 17.7 Å². The van der Waals surface area contributed by atoms with Crippen LogP contribution in [0, 0.1) is 11.7 Å². The Balaban J connectivity index is 1.46. The first-order valence-electron chi connectivity index (χ1n) is 11.9. The predicted molar refractivity (Wildman–Crippen MR) is 137 cm³/mol.